The molecule has 0 amide bonds. The quantitative estimate of drug-likeness (QED) is 0.805. The minimum absolute atomic E-state index is 0.125. The number of hydrogen-bond acceptors (Lipinski definition) is 4. The summed E-state index contributed by atoms with van der Waals surface area (Å²) < 4.78 is 50.4. The number of ether oxygens (including phenoxy) is 1. The second-order valence-electron chi connectivity index (χ2n) is 5.93. The number of methoxy groups -OCH3 is 1. The van der Waals surface area contributed by atoms with Crippen molar-refractivity contribution in [3.8, 4) is 6.07 Å². The summed E-state index contributed by atoms with van der Waals surface area (Å²) in [4.78, 5) is 1.89. The minimum Gasteiger partial charge on any atom is -0.461 e. The lowest BCUT2D eigenvalue weighted by Gasteiger charge is -2.26. The summed E-state index contributed by atoms with van der Waals surface area (Å²) in [5, 5.41) is 8.93. The van der Waals surface area contributed by atoms with Gasteiger partial charge in [0.2, 0.25) is 0 Å². The molecule has 0 unspecified atom stereocenters. The van der Waals surface area contributed by atoms with Crippen molar-refractivity contribution in [2.24, 2.45) is 0 Å². The predicted octanol–water partition coefficient (Wildman–Crippen LogP) is 4.66. The molecule has 1 atom stereocenters. The maximum atomic E-state index is 13.2. The van der Waals surface area contributed by atoms with E-state index in [-0.39, 0.29) is 11.6 Å². The van der Waals surface area contributed by atoms with E-state index in [0.29, 0.717) is 30.4 Å². The molecule has 2 heterocycles. The summed E-state index contributed by atoms with van der Waals surface area (Å²) in [7, 11) is 1.57. The van der Waals surface area contributed by atoms with Crippen LogP contribution in [-0.2, 0) is 17.5 Å². The molecule has 0 aliphatic carbocycles. The standard InChI is InChI=1S/C18H17F3N2O2/c1-24-11-14-6-7-17(25-14)16-3-2-8-23(16)13-5-4-12(10-22)15(9-13)18(19,20)21/h4-7,9,16H,2-3,8,11H2,1H3/t16-/m0/s1. The molecule has 0 bridgehead atoms. The van der Waals surface area contributed by atoms with Gasteiger partial charge in [-0.15, -0.1) is 0 Å². The molecule has 25 heavy (non-hydrogen) atoms. The lowest BCUT2D eigenvalue weighted by Crippen LogP contribution is -2.23. The molecule has 1 saturated heterocycles. The van der Waals surface area contributed by atoms with Gasteiger partial charge in [-0.25, -0.2) is 0 Å². The van der Waals surface area contributed by atoms with Crippen LogP contribution in [0.4, 0.5) is 18.9 Å². The molecule has 1 aromatic heterocycles. The zero-order valence-corrected chi connectivity index (χ0v) is 13.6. The van der Waals surface area contributed by atoms with E-state index in [4.69, 9.17) is 14.4 Å². The molecule has 1 aliphatic heterocycles. The van der Waals surface area contributed by atoms with Crippen molar-refractivity contribution < 1.29 is 22.3 Å². The highest BCUT2D eigenvalue weighted by Crippen LogP contribution is 2.40. The van der Waals surface area contributed by atoms with E-state index in [1.54, 1.807) is 19.2 Å². The van der Waals surface area contributed by atoms with Crippen LogP contribution in [0.1, 0.15) is 41.5 Å². The Morgan fingerprint density at radius 3 is 2.80 bits per heavy atom. The summed E-state index contributed by atoms with van der Waals surface area (Å²) in [5.41, 5.74) is -0.830. The highest BCUT2D eigenvalue weighted by atomic mass is 19.4. The molecule has 2 aromatic rings. The molecule has 0 saturated carbocycles. The first kappa shape index (κ1) is 17.4. The number of rotatable bonds is 4. The van der Waals surface area contributed by atoms with Crippen molar-refractivity contribution in [2.75, 3.05) is 18.6 Å². The van der Waals surface area contributed by atoms with E-state index in [9.17, 15) is 13.2 Å². The number of benzene rings is 1. The highest BCUT2D eigenvalue weighted by Gasteiger charge is 2.36. The first-order valence-electron chi connectivity index (χ1n) is 7.89. The summed E-state index contributed by atoms with van der Waals surface area (Å²) in [6.45, 7) is 0.982. The van der Waals surface area contributed by atoms with Crippen LogP contribution in [-0.4, -0.2) is 13.7 Å². The van der Waals surface area contributed by atoms with Crippen LogP contribution < -0.4 is 4.90 Å². The summed E-state index contributed by atoms with van der Waals surface area (Å²) in [5.74, 6) is 1.39. The minimum atomic E-state index is -4.56. The second kappa shape index (κ2) is 6.81. The maximum absolute atomic E-state index is 13.2. The average Bonchev–Trinajstić information content (AvgIpc) is 3.22. The molecule has 0 radical (unpaired) electrons. The van der Waals surface area contributed by atoms with E-state index < -0.39 is 11.7 Å². The summed E-state index contributed by atoms with van der Waals surface area (Å²) in [6, 6.07) is 8.98. The van der Waals surface area contributed by atoms with Crippen LogP contribution in [0.2, 0.25) is 0 Å². The van der Waals surface area contributed by atoms with E-state index in [1.807, 2.05) is 17.0 Å². The van der Waals surface area contributed by atoms with Gasteiger partial charge in [-0.2, -0.15) is 18.4 Å². The van der Waals surface area contributed by atoms with Gasteiger partial charge in [-0.1, -0.05) is 0 Å². The highest BCUT2D eigenvalue weighted by molar-refractivity contribution is 5.56. The number of nitriles is 1. The number of alkyl halides is 3. The number of hydrogen-bond donors (Lipinski definition) is 0. The van der Waals surface area contributed by atoms with Gasteiger partial charge >= 0.3 is 6.18 Å². The lowest BCUT2D eigenvalue weighted by atomic mass is 10.1. The van der Waals surface area contributed by atoms with Gasteiger partial charge in [0.15, 0.2) is 0 Å². The van der Waals surface area contributed by atoms with Crippen LogP contribution in [0.15, 0.2) is 34.7 Å². The normalized spacial score (nSPS) is 17.7. The molecule has 1 aromatic carbocycles. The Labute approximate surface area is 143 Å². The molecule has 4 nitrogen and oxygen atoms in total. The van der Waals surface area contributed by atoms with E-state index in [2.05, 4.69) is 0 Å². The Morgan fingerprint density at radius 2 is 2.12 bits per heavy atom. The van der Waals surface area contributed by atoms with Crippen molar-refractivity contribution in [1.29, 1.82) is 5.26 Å². The van der Waals surface area contributed by atoms with Gasteiger partial charge in [0.25, 0.3) is 0 Å². The largest absolute Gasteiger partial charge is 0.461 e. The third-order valence-corrected chi connectivity index (χ3v) is 4.31. The molecular weight excluding hydrogens is 333 g/mol. The van der Waals surface area contributed by atoms with Crippen molar-refractivity contribution >= 4 is 5.69 Å². The SMILES string of the molecule is COCc1ccc([C@@H]2CCCN2c2ccc(C#N)c(C(F)(F)F)c2)o1. The molecule has 1 fully saturated rings. The van der Waals surface area contributed by atoms with Gasteiger partial charge in [0.05, 0.1) is 23.2 Å². The smallest absolute Gasteiger partial charge is 0.417 e. The van der Waals surface area contributed by atoms with Crippen LogP contribution in [0.5, 0.6) is 0 Å². The number of nitrogens with zero attached hydrogens (tertiary/aromatic N) is 2. The van der Waals surface area contributed by atoms with Crippen LogP contribution in [0.25, 0.3) is 0 Å². The van der Waals surface area contributed by atoms with E-state index >= 15 is 0 Å². The molecule has 0 N–H and O–H groups in total. The average molecular weight is 350 g/mol. The lowest BCUT2D eigenvalue weighted by molar-refractivity contribution is -0.137. The van der Waals surface area contributed by atoms with Gasteiger partial charge in [-0.3, -0.25) is 0 Å². The zero-order valence-electron chi connectivity index (χ0n) is 13.6. The van der Waals surface area contributed by atoms with Crippen LogP contribution >= 0.6 is 0 Å². The monoisotopic (exact) mass is 350 g/mol. The summed E-state index contributed by atoms with van der Waals surface area (Å²) >= 11 is 0. The third-order valence-electron chi connectivity index (χ3n) is 4.31. The van der Waals surface area contributed by atoms with E-state index in [1.165, 1.54) is 6.07 Å². The fraction of sp³-hybridized carbons (Fsp3) is 0.389. The Balaban J connectivity index is 1.93. The summed E-state index contributed by atoms with van der Waals surface area (Å²) in [6.07, 6.45) is -2.92. The van der Waals surface area contributed by atoms with Gasteiger partial charge in [0.1, 0.15) is 18.1 Å². The predicted molar refractivity (Wildman–Crippen MR) is 84.9 cm³/mol. The van der Waals surface area contributed by atoms with Crippen molar-refractivity contribution in [3.63, 3.8) is 0 Å². The molecule has 0 spiro atoms. The fourth-order valence-electron chi connectivity index (χ4n) is 3.21. The van der Waals surface area contributed by atoms with Crippen molar-refractivity contribution in [2.45, 2.75) is 31.7 Å². The molecule has 7 heteroatoms. The Kier molecular flexibility index (Phi) is 4.73. The van der Waals surface area contributed by atoms with Crippen LogP contribution in [0.3, 0.4) is 0 Å². The van der Waals surface area contributed by atoms with Crippen LogP contribution in [0, 0.1) is 11.3 Å². The first-order chi connectivity index (χ1) is 11.9. The molecular formula is C18H17F3N2O2. The van der Waals surface area contributed by atoms with Gasteiger partial charge in [-0.05, 0) is 43.2 Å². The fourth-order valence-corrected chi connectivity index (χ4v) is 3.21. The van der Waals surface area contributed by atoms with Gasteiger partial charge < -0.3 is 14.1 Å². The third kappa shape index (κ3) is 3.49. The zero-order chi connectivity index (χ0) is 18.0. The second-order valence-corrected chi connectivity index (χ2v) is 5.93. The Bertz CT molecular complexity index is 792. The topological polar surface area (TPSA) is 49.4 Å². The van der Waals surface area contributed by atoms with Crippen molar-refractivity contribution in [1.82, 2.24) is 0 Å². The molecule has 132 valence electrons. The van der Waals surface area contributed by atoms with E-state index in [0.717, 1.165) is 18.9 Å². The maximum Gasteiger partial charge on any atom is 0.417 e. The number of furan rings is 1. The molecule has 1 aliphatic rings. The van der Waals surface area contributed by atoms with Crippen molar-refractivity contribution in [3.05, 3.63) is 53.0 Å². The Hall–Kier alpha value is -2.46. The number of anilines is 1. The van der Waals surface area contributed by atoms with Gasteiger partial charge in [0, 0.05) is 19.3 Å². The molecule has 3 rings (SSSR count). The first-order valence-corrected chi connectivity index (χ1v) is 7.89. The number of halogens is 3. The Morgan fingerprint density at radius 1 is 1.32 bits per heavy atom.